The molecule has 2 N–H and O–H groups in total. The molecule has 0 fully saturated rings. The van der Waals surface area contributed by atoms with Crippen molar-refractivity contribution in [3.8, 4) is 0 Å². The number of carbonyl (C=O) groups excluding carboxylic acids is 1. The van der Waals surface area contributed by atoms with Gasteiger partial charge >= 0.3 is 12.1 Å². The van der Waals surface area contributed by atoms with Crippen LogP contribution in [-0.2, 0) is 14.4 Å². The van der Waals surface area contributed by atoms with Crippen molar-refractivity contribution in [2.24, 2.45) is 0 Å². The van der Waals surface area contributed by atoms with E-state index in [4.69, 9.17) is 5.11 Å². The summed E-state index contributed by atoms with van der Waals surface area (Å²) in [6.45, 7) is 1.25. The minimum absolute atomic E-state index is 0.211. The first kappa shape index (κ1) is 9.70. The zero-order valence-electron chi connectivity index (χ0n) is 5.99. The van der Waals surface area contributed by atoms with Crippen molar-refractivity contribution in [2.45, 2.75) is 6.92 Å². The maximum atomic E-state index is 10.4. The molecule has 6 nitrogen and oxygen atoms in total. The smallest absolute Gasteiger partial charge is 0.431 e. The van der Waals surface area contributed by atoms with E-state index in [0.29, 0.717) is 0 Å². The highest BCUT2D eigenvalue weighted by Gasteiger charge is 2.01. The molecule has 0 aromatic carbocycles. The number of nitrogens with one attached hydrogen (secondary N) is 1. The Morgan fingerprint density at radius 1 is 1.55 bits per heavy atom. The molecule has 0 heterocycles. The fourth-order valence-corrected chi connectivity index (χ4v) is 0.317. The van der Waals surface area contributed by atoms with Crippen LogP contribution in [0, 0.1) is 0 Å². The molecule has 0 saturated heterocycles. The Bertz CT molecular complexity index is 146. The fourth-order valence-electron chi connectivity index (χ4n) is 0.317. The monoisotopic (exact) mass is 163 g/mol. The van der Waals surface area contributed by atoms with Gasteiger partial charge in [-0.25, -0.2) is 9.59 Å². The molecule has 0 atom stereocenters. The summed E-state index contributed by atoms with van der Waals surface area (Å²) in [4.78, 5) is 24.4. The number of carboxylic acid groups (broad SMARTS) is 1. The molecule has 0 rings (SSSR count). The zero-order valence-corrected chi connectivity index (χ0v) is 5.99. The van der Waals surface area contributed by atoms with E-state index < -0.39 is 18.7 Å². The minimum Gasteiger partial charge on any atom is -0.479 e. The van der Waals surface area contributed by atoms with E-state index in [9.17, 15) is 9.59 Å². The van der Waals surface area contributed by atoms with Crippen LogP contribution in [0.25, 0.3) is 0 Å². The fraction of sp³-hybridized carbons (Fsp3) is 0.600. The van der Waals surface area contributed by atoms with Gasteiger partial charge in [-0.3, -0.25) is 4.84 Å². The molecule has 0 bridgehead atoms. The first-order valence-electron chi connectivity index (χ1n) is 2.93. The van der Waals surface area contributed by atoms with E-state index in [-0.39, 0.29) is 6.61 Å². The summed E-state index contributed by atoms with van der Waals surface area (Å²) in [6, 6.07) is 0. The molecular weight excluding hydrogens is 154 g/mol. The van der Waals surface area contributed by atoms with Crippen molar-refractivity contribution in [2.75, 3.05) is 13.2 Å². The van der Waals surface area contributed by atoms with Gasteiger partial charge in [0.2, 0.25) is 0 Å². The third-order valence-electron chi connectivity index (χ3n) is 0.627. The van der Waals surface area contributed by atoms with Crippen LogP contribution in [-0.4, -0.2) is 30.4 Å². The lowest BCUT2D eigenvalue weighted by molar-refractivity contribution is -0.144. The van der Waals surface area contributed by atoms with Gasteiger partial charge in [0.15, 0.2) is 6.61 Å². The van der Waals surface area contributed by atoms with Gasteiger partial charge in [0.25, 0.3) is 0 Å². The number of carbonyl (C=O) groups is 2. The second kappa shape index (κ2) is 5.48. The lowest BCUT2D eigenvalue weighted by atomic mass is 10.8. The van der Waals surface area contributed by atoms with Crippen molar-refractivity contribution in [1.29, 1.82) is 0 Å². The van der Waals surface area contributed by atoms with Gasteiger partial charge in [0.05, 0.1) is 6.61 Å². The second-order valence-corrected chi connectivity index (χ2v) is 1.50. The number of hydrogen-bond acceptors (Lipinski definition) is 4. The van der Waals surface area contributed by atoms with E-state index in [1.54, 1.807) is 12.4 Å². The molecule has 0 saturated carbocycles. The molecule has 0 radical (unpaired) electrons. The van der Waals surface area contributed by atoms with Crippen LogP contribution < -0.4 is 5.48 Å². The SMILES string of the molecule is CCOC(=O)NOCC(=O)O. The van der Waals surface area contributed by atoms with Gasteiger partial charge in [0, 0.05) is 0 Å². The van der Waals surface area contributed by atoms with Crippen LogP contribution in [0.4, 0.5) is 4.79 Å². The van der Waals surface area contributed by atoms with Gasteiger partial charge in [-0.2, -0.15) is 5.48 Å². The van der Waals surface area contributed by atoms with Gasteiger partial charge in [0.1, 0.15) is 0 Å². The molecule has 64 valence electrons. The number of ether oxygens (including phenoxy) is 1. The Labute approximate surface area is 63.0 Å². The van der Waals surface area contributed by atoms with Crippen LogP contribution in [0.5, 0.6) is 0 Å². The quantitative estimate of drug-likeness (QED) is 0.558. The van der Waals surface area contributed by atoms with Gasteiger partial charge < -0.3 is 9.84 Å². The Hall–Kier alpha value is -1.30. The average molecular weight is 163 g/mol. The standard InChI is InChI=1S/C5H9NO5/c1-2-10-5(9)6-11-3-4(7)8/h2-3H2,1H3,(H,6,9)(H,7,8). The predicted molar refractivity (Wildman–Crippen MR) is 33.7 cm³/mol. The second-order valence-electron chi connectivity index (χ2n) is 1.50. The number of amides is 1. The van der Waals surface area contributed by atoms with Crippen molar-refractivity contribution in [3.05, 3.63) is 0 Å². The van der Waals surface area contributed by atoms with E-state index >= 15 is 0 Å². The number of carboxylic acids is 1. The van der Waals surface area contributed by atoms with E-state index in [0.717, 1.165) is 0 Å². The van der Waals surface area contributed by atoms with Crippen LogP contribution in [0.1, 0.15) is 6.92 Å². The summed E-state index contributed by atoms with van der Waals surface area (Å²) >= 11 is 0. The molecule has 0 aliphatic carbocycles. The summed E-state index contributed by atoms with van der Waals surface area (Å²) in [5.74, 6) is -1.17. The van der Waals surface area contributed by atoms with Gasteiger partial charge in [-0.1, -0.05) is 0 Å². The van der Waals surface area contributed by atoms with E-state index in [1.807, 2.05) is 0 Å². The van der Waals surface area contributed by atoms with Crippen molar-refractivity contribution < 1.29 is 24.3 Å². The van der Waals surface area contributed by atoms with Gasteiger partial charge in [-0.15, -0.1) is 0 Å². The third kappa shape index (κ3) is 6.59. The highest BCUT2D eigenvalue weighted by molar-refractivity contribution is 5.69. The van der Waals surface area contributed by atoms with Crippen molar-refractivity contribution in [1.82, 2.24) is 5.48 Å². The van der Waals surface area contributed by atoms with Crippen molar-refractivity contribution >= 4 is 12.1 Å². The highest BCUT2D eigenvalue weighted by Crippen LogP contribution is 1.76. The molecule has 0 aliphatic heterocycles. The Morgan fingerprint density at radius 2 is 2.18 bits per heavy atom. The highest BCUT2D eigenvalue weighted by atomic mass is 16.7. The molecule has 0 aromatic heterocycles. The number of hydrogen-bond donors (Lipinski definition) is 2. The largest absolute Gasteiger partial charge is 0.479 e. The van der Waals surface area contributed by atoms with Crippen molar-refractivity contribution in [3.63, 3.8) is 0 Å². The maximum Gasteiger partial charge on any atom is 0.431 e. The molecule has 0 aromatic rings. The molecule has 11 heavy (non-hydrogen) atoms. The molecule has 0 aliphatic rings. The summed E-state index contributed by atoms with van der Waals surface area (Å²) in [5, 5.41) is 8.04. The maximum absolute atomic E-state index is 10.4. The summed E-state index contributed by atoms with van der Waals surface area (Å²) in [7, 11) is 0. The first-order valence-corrected chi connectivity index (χ1v) is 2.93. The predicted octanol–water partition coefficient (Wildman–Crippen LogP) is -0.251. The zero-order chi connectivity index (χ0) is 8.69. The number of aliphatic carboxylic acids is 1. The molecule has 0 spiro atoms. The molecule has 0 unspecified atom stereocenters. The molecule has 1 amide bonds. The normalized spacial score (nSPS) is 8.82. The van der Waals surface area contributed by atoms with E-state index in [2.05, 4.69) is 9.57 Å². The number of hydroxylamine groups is 1. The Morgan fingerprint density at radius 3 is 2.64 bits per heavy atom. The summed E-state index contributed by atoms with van der Waals surface area (Å²) in [6.07, 6.45) is -0.797. The molecule has 6 heteroatoms. The first-order chi connectivity index (χ1) is 5.16. The van der Waals surface area contributed by atoms with Crippen LogP contribution >= 0.6 is 0 Å². The third-order valence-corrected chi connectivity index (χ3v) is 0.627. The topological polar surface area (TPSA) is 84.9 Å². The summed E-state index contributed by atoms with van der Waals surface area (Å²) < 4.78 is 4.36. The van der Waals surface area contributed by atoms with Crippen LogP contribution in [0.15, 0.2) is 0 Å². The van der Waals surface area contributed by atoms with Gasteiger partial charge in [-0.05, 0) is 6.92 Å². The average Bonchev–Trinajstić information content (AvgIpc) is 1.87. The van der Waals surface area contributed by atoms with Crippen LogP contribution in [0.3, 0.4) is 0 Å². The summed E-state index contributed by atoms with van der Waals surface area (Å²) in [5.41, 5.74) is 1.77. The molecular formula is C5H9NO5. The minimum atomic E-state index is -1.17. The van der Waals surface area contributed by atoms with Crippen LogP contribution in [0.2, 0.25) is 0 Å². The number of rotatable bonds is 4. The Balaban J connectivity index is 3.24. The lowest BCUT2D eigenvalue weighted by Crippen LogP contribution is -2.27. The lowest BCUT2D eigenvalue weighted by Gasteiger charge is -2.02. The Kier molecular flexibility index (Phi) is 4.83. The van der Waals surface area contributed by atoms with E-state index in [1.165, 1.54) is 0 Å².